The first kappa shape index (κ1) is 25.6. The smallest absolute Gasteiger partial charge is 0.317 e. The zero-order chi connectivity index (χ0) is 17.0. The van der Waals surface area contributed by atoms with E-state index in [1.165, 1.54) is 96.3 Å². The van der Waals surface area contributed by atoms with Gasteiger partial charge < -0.3 is 16.6 Å². The molecule has 4 nitrogen and oxygen atoms in total. The molecule has 0 amide bonds. The van der Waals surface area contributed by atoms with Gasteiger partial charge in [-0.1, -0.05) is 103 Å². The standard InChI is InChI=1S/C20H41NO2.H3N/c1-2-3-4-5-6-7-8-9-10-11-12-13-14-15-16-17-18-21-19-20(22)23;/h21H,2-19H2,1H3,(H,22,23);1H3. The minimum atomic E-state index is -0.763. The Labute approximate surface area is 150 Å². The third kappa shape index (κ3) is 23.7. The van der Waals surface area contributed by atoms with Crippen molar-refractivity contribution >= 4 is 5.97 Å². The van der Waals surface area contributed by atoms with Crippen LogP contribution < -0.4 is 11.5 Å². The Morgan fingerprint density at radius 3 is 1.33 bits per heavy atom. The van der Waals surface area contributed by atoms with Crippen molar-refractivity contribution in [3.8, 4) is 0 Å². The van der Waals surface area contributed by atoms with E-state index in [0.717, 1.165) is 13.0 Å². The van der Waals surface area contributed by atoms with Gasteiger partial charge in [-0.15, -0.1) is 0 Å². The van der Waals surface area contributed by atoms with Gasteiger partial charge in [-0.05, 0) is 13.0 Å². The summed E-state index contributed by atoms with van der Waals surface area (Å²) >= 11 is 0. The lowest BCUT2D eigenvalue weighted by Crippen LogP contribution is -2.23. The summed E-state index contributed by atoms with van der Waals surface area (Å²) in [5, 5.41) is 11.4. The van der Waals surface area contributed by atoms with Crippen molar-refractivity contribution in [2.24, 2.45) is 0 Å². The first-order valence-electron chi connectivity index (χ1n) is 10.2. The molecule has 4 heteroatoms. The van der Waals surface area contributed by atoms with Gasteiger partial charge in [0.05, 0.1) is 6.54 Å². The molecule has 0 aliphatic rings. The number of carboxylic acid groups (broad SMARTS) is 1. The fourth-order valence-electron chi connectivity index (χ4n) is 2.99. The van der Waals surface area contributed by atoms with Crippen LogP contribution >= 0.6 is 0 Å². The fourth-order valence-corrected chi connectivity index (χ4v) is 2.99. The van der Waals surface area contributed by atoms with Crippen molar-refractivity contribution in [1.29, 1.82) is 0 Å². The number of aliphatic carboxylic acids is 1. The summed E-state index contributed by atoms with van der Waals surface area (Å²) in [7, 11) is 0. The van der Waals surface area contributed by atoms with Crippen molar-refractivity contribution in [2.45, 2.75) is 110 Å². The van der Waals surface area contributed by atoms with E-state index in [0.29, 0.717) is 0 Å². The maximum Gasteiger partial charge on any atom is 0.317 e. The van der Waals surface area contributed by atoms with Gasteiger partial charge in [0, 0.05) is 0 Å². The zero-order valence-electron chi connectivity index (χ0n) is 16.3. The van der Waals surface area contributed by atoms with Crippen molar-refractivity contribution in [3.05, 3.63) is 0 Å². The Kier molecular flexibility index (Phi) is 23.9. The molecule has 146 valence electrons. The van der Waals surface area contributed by atoms with E-state index in [1.807, 2.05) is 0 Å². The summed E-state index contributed by atoms with van der Waals surface area (Å²) in [6.07, 6.45) is 22.0. The second-order valence-electron chi connectivity index (χ2n) is 6.87. The number of hydrogen-bond donors (Lipinski definition) is 3. The third-order valence-electron chi connectivity index (χ3n) is 4.48. The van der Waals surface area contributed by atoms with E-state index < -0.39 is 5.97 Å². The Morgan fingerprint density at radius 2 is 1.00 bits per heavy atom. The lowest BCUT2D eigenvalue weighted by atomic mass is 10.0. The van der Waals surface area contributed by atoms with E-state index in [-0.39, 0.29) is 12.7 Å². The van der Waals surface area contributed by atoms with Crippen molar-refractivity contribution < 1.29 is 9.90 Å². The summed E-state index contributed by atoms with van der Waals surface area (Å²) in [6, 6.07) is 0. The molecule has 0 aromatic carbocycles. The van der Waals surface area contributed by atoms with Crippen molar-refractivity contribution in [2.75, 3.05) is 13.1 Å². The van der Waals surface area contributed by atoms with Crippen molar-refractivity contribution in [1.82, 2.24) is 11.5 Å². The first-order valence-corrected chi connectivity index (χ1v) is 10.2. The largest absolute Gasteiger partial charge is 0.480 e. The Balaban J connectivity index is 0. The van der Waals surface area contributed by atoms with Gasteiger partial charge >= 0.3 is 5.97 Å². The molecule has 0 spiro atoms. The summed E-state index contributed by atoms with van der Waals surface area (Å²) in [5.41, 5.74) is 0. The number of hydrogen-bond acceptors (Lipinski definition) is 3. The van der Waals surface area contributed by atoms with Crippen LogP contribution in [0.4, 0.5) is 0 Å². The number of nitrogens with one attached hydrogen (secondary N) is 1. The van der Waals surface area contributed by atoms with E-state index in [9.17, 15) is 4.79 Å². The molecule has 0 aromatic heterocycles. The summed E-state index contributed by atoms with van der Waals surface area (Å²) in [6.45, 7) is 3.21. The summed E-state index contributed by atoms with van der Waals surface area (Å²) in [4.78, 5) is 10.3. The maximum absolute atomic E-state index is 10.3. The van der Waals surface area contributed by atoms with Crippen LogP contribution in [0.15, 0.2) is 0 Å². The van der Waals surface area contributed by atoms with E-state index in [2.05, 4.69) is 12.2 Å². The summed E-state index contributed by atoms with van der Waals surface area (Å²) < 4.78 is 0. The van der Waals surface area contributed by atoms with E-state index in [4.69, 9.17) is 5.11 Å². The number of rotatable bonds is 19. The molecular formula is C20H44N2O2. The molecule has 0 saturated heterocycles. The van der Waals surface area contributed by atoms with Gasteiger partial charge in [0.2, 0.25) is 0 Å². The molecule has 0 radical (unpaired) electrons. The molecule has 0 aliphatic carbocycles. The average Bonchev–Trinajstić information content (AvgIpc) is 2.53. The lowest BCUT2D eigenvalue weighted by molar-refractivity contribution is -0.135. The molecule has 24 heavy (non-hydrogen) atoms. The monoisotopic (exact) mass is 344 g/mol. The Morgan fingerprint density at radius 1 is 0.667 bits per heavy atom. The van der Waals surface area contributed by atoms with Gasteiger partial charge in [-0.25, -0.2) is 0 Å². The van der Waals surface area contributed by atoms with Gasteiger partial charge in [-0.3, -0.25) is 4.79 Å². The average molecular weight is 345 g/mol. The van der Waals surface area contributed by atoms with Gasteiger partial charge in [0.25, 0.3) is 0 Å². The molecule has 0 aromatic rings. The quantitative estimate of drug-likeness (QED) is 0.248. The first-order chi connectivity index (χ1) is 11.3. The molecule has 0 rings (SSSR count). The van der Waals surface area contributed by atoms with Crippen LogP contribution in [0.1, 0.15) is 110 Å². The highest BCUT2D eigenvalue weighted by Gasteiger charge is 1.96. The highest BCUT2D eigenvalue weighted by Crippen LogP contribution is 2.13. The van der Waals surface area contributed by atoms with Crippen LogP contribution in [0.3, 0.4) is 0 Å². The molecule has 5 N–H and O–H groups in total. The molecule has 0 heterocycles. The van der Waals surface area contributed by atoms with Crippen LogP contribution in [0.25, 0.3) is 0 Å². The molecule has 0 aliphatic heterocycles. The summed E-state index contributed by atoms with van der Waals surface area (Å²) in [5.74, 6) is -0.763. The SMILES string of the molecule is CCCCCCCCCCCCCCCCCCNCC(=O)O.N. The van der Waals surface area contributed by atoms with E-state index in [1.54, 1.807) is 0 Å². The predicted octanol–water partition coefficient (Wildman–Crippen LogP) is 6.08. The predicted molar refractivity (Wildman–Crippen MR) is 105 cm³/mol. The van der Waals surface area contributed by atoms with Gasteiger partial charge in [-0.2, -0.15) is 0 Å². The van der Waals surface area contributed by atoms with E-state index >= 15 is 0 Å². The lowest BCUT2D eigenvalue weighted by Gasteiger charge is -2.04. The highest BCUT2D eigenvalue weighted by molar-refractivity contribution is 5.68. The Bertz CT molecular complexity index is 248. The number of carbonyl (C=O) groups is 1. The number of unbranched alkanes of at least 4 members (excludes halogenated alkanes) is 15. The van der Waals surface area contributed by atoms with Gasteiger partial charge in [0.15, 0.2) is 0 Å². The highest BCUT2D eigenvalue weighted by atomic mass is 16.4. The second kappa shape index (κ2) is 22.4. The molecule has 0 saturated carbocycles. The van der Waals surface area contributed by atoms with Crippen LogP contribution in [-0.4, -0.2) is 24.2 Å². The minimum absolute atomic E-state index is 0. The Hall–Kier alpha value is -0.610. The third-order valence-corrected chi connectivity index (χ3v) is 4.48. The fraction of sp³-hybridized carbons (Fsp3) is 0.950. The van der Waals surface area contributed by atoms with Crippen LogP contribution in [0, 0.1) is 0 Å². The van der Waals surface area contributed by atoms with Crippen LogP contribution in [-0.2, 0) is 4.79 Å². The zero-order valence-corrected chi connectivity index (χ0v) is 16.3. The van der Waals surface area contributed by atoms with Crippen LogP contribution in [0.2, 0.25) is 0 Å². The molecule has 0 fully saturated rings. The second-order valence-corrected chi connectivity index (χ2v) is 6.87. The van der Waals surface area contributed by atoms with Gasteiger partial charge in [0.1, 0.15) is 0 Å². The minimum Gasteiger partial charge on any atom is -0.480 e. The molecule has 0 bridgehead atoms. The topological polar surface area (TPSA) is 84.3 Å². The maximum atomic E-state index is 10.3. The van der Waals surface area contributed by atoms with Crippen LogP contribution in [0.5, 0.6) is 0 Å². The molecular weight excluding hydrogens is 300 g/mol. The molecule has 0 atom stereocenters. The van der Waals surface area contributed by atoms with Crippen molar-refractivity contribution in [3.63, 3.8) is 0 Å². The number of carboxylic acids is 1. The normalized spacial score (nSPS) is 10.5. The molecule has 0 unspecified atom stereocenters.